The Kier molecular flexibility index (Phi) is 16.2. The third-order valence-corrected chi connectivity index (χ3v) is 4.69. The minimum atomic E-state index is 0.314. The van der Waals surface area contributed by atoms with Crippen LogP contribution in [0.3, 0.4) is 0 Å². The summed E-state index contributed by atoms with van der Waals surface area (Å²) in [4.78, 5) is 0. The molecule has 0 spiro atoms. The zero-order valence-electron chi connectivity index (χ0n) is 17.0. The number of rotatable bonds is 19. The van der Waals surface area contributed by atoms with E-state index in [0.717, 1.165) is 57.5 Å². The van der Waals surface area contributed by atoms with Gasteiger partial charge in [-0.05, 0) is 43.4 Å². The molecule has 0 saturated heterocycles. The molecular formula is C23H40O4. The maximum atomic E-state index is 8.75. The predicted molar refractivity (Wildman–Crippen MR) is 111 cm³/mol. The molecule has 0 aliphatic rings. The maximum absolute atomic E-state index is 8.75. The zero-order chi connectivity index (χ0) is 19.4. The summed E-state index contributed by atoms with van der Waals surface area (Å²) >= 11 is 0. The van der Waals surface area contributed by atoms with E-state index >= 15 is 0 Å². The van der Waals surface area contributed by atoms with Crippen LogP contribution < -0.4 is 4.74 Å². The van der Waals surface area contributed by atoms with Gasteiger partial charge in [-0.3, -0.25) is 0 Å². The number of aliphatic hydroxyl groups is 2. The molecule has 0 amide bonds. The molecule has 0 radical (unpaired) electrons. The van der Waals surface area contributed by atoms with Crippen LogP contribution in [0.2, 0.25) is 0 Å². The number of benzene rings is 1. The van der Waals surface area contributed by atoms with Gasteiger partial charge >= 0.3 is 0 Å². The summed E-state index contributed by atoms with van der Waals surface area (Å²) in [6.45, 7) is 2.85. The van der Waals surface area contributed by atoms with Crippen molar-refractivity contribution in [1.29, 1.82) is 0 Å². The van der Waals surface area contributed by atoms with Crippen molar-refractivity contribution >= 4 is 0 Å². The predicted octanol–water partition coefficient (Wildman–Crippen LogP) is 5.25. The normalized spacial score (nSPS) is 11.0. The molecule has 0 aliphatic heterocycles. The first-order valence-electron chi connectivity index (χ1n) is 10.9. The van der Waals surface area contributed by atoms with Crippen LogP contribution in [0.1, 0.15) is 82.6 Å². The van der Waals surface area contributed by atoms with E-state index < -0.39 is 0 Å². The quantitative estimate of drug-likeness (QED) is 0.322. The Morgan fingerprint density at radius 3 is 1.81 bits per heavy atom. The van der Waals surface area contributed by atoms with E-state index in [1.165, 1.54) is 44.1 Å². The fraction of sp³-hybridized carbons (Fsp3) is 0.739. The molecule has 27 heavy (non-hydrogen) atoms. The highest BCUT2D eigenvalue weighted by molar-refractivity contribution is 5.28. The highest BCUT2D eigenvalue weighted by atomic mass is 16.5. The van der Waals surface area contributed by atoms with E-state index in [1.807, 2.05) is 12.1 Å². The van der Waals surface area contributed by atoms with Crippen LogP contribution in [-0.4, -0.2) is 36.6 Å². The second kappa shape index (κ2) is 18.3. The Bertz CT molecular complexity index is 436. The van der Waals surface area contributed by atoms with Gasteiger partial charge in [0.25, 0.3) is 0 Å². The second-order valence-corrected chi connectivity index (χ2v) is 7.24. The molecule has 1 rings (SSSR count). The molecule has 0 atom stereocenters. The van der Waals surface area contributed by atoms with Gasteiger partial charge in [0.15, 0.2) is 0 Å². The lowest BCUT2D eigenvalue weighted by Gasteiger charge is -2.09. The number of aliphatic hydroxyl groups excluding tert-OH is 2. The molecule has 0 aliphatic carbocycles. The van der Waals surface area contributed by atoms with Crippen molar-refractivity contribution in [2.75, 3.05) is 26.4 Å². The Hall–Kier alpha value is -1.10. The third kappa shape index (κ3) is 14.6. The van der Waals surface area contributed by atoms with E-state index in [4.69, 9.17) is 19.7 Å². The van der Waals surface area contributed by atoms with Crippen LogP contribution in [0.5, 0.6) is 5.75 Å². The lowest BCUT2D eigenvalue weighted by Crippen LogP contribution is -1.99. The van der Waals surface area contributed by atoms with Crippen molar-refractivity contribution in [3.63, 3.8) is 0 Å². The molecule has 0 aromatic heterocycles. The first kappa shape index (κ1) is 23.9. The van der Waals surface area contributed by atoms with Crippen LogP contribution in [0.4, 0.5) is 0 Å². The van der Waals surface area contributed by atoms with E-state index in [-0.39, 0.29) is 0 Å². The summed E-state index contributed by atoms with van der Waals surface area (Å²) in [6, 6.07) is 8.21. The molecule has 0 heterocycles. The van der Waals surface area contributed by atoms with Crippen molar-refractivity contribution in [3.8, 4) is 5.75 Å². The molecule has 4 nitrogen and oxygen atoms in total. The first-order chi connectivity index (χ1) is 13.4. The maximum Gasteiger partial charge on any atom is 0.119 e. The fourth-order valence-electron chi connectivity index (χ4n) is 3.05. The summed E-state index contributed by atoms with van der Waals surface area (Å²) < 4.78 is 11.6. The van der Waals surface area contributed by atoms with Gasteiger partial charge in [-0.2, -0.15) is 0 Å². The van der Waals surface area contributed by atoms with Crippen molar-refractivity contribution in [2.45, 2.75) is 83.7 Å². The molecule has 0 bridgehead atoms. The third-order valence-electron chi connectivity index (χ3n) is 4.69. The molecule has 0 fully saturated rings. The highest BCUT2D eigenvalue weighted by Gasteiger charge is 1.99. The van der Waals surface area contributed by atoms with Gasteiger partial charge in [0, 0.05) is 19.8 Å². The van der Waals surface area contributed by atoms with Gasteiger partial charge in [0.05, 0.1) is 13.2 Å². The lowest BCUT2D eigenvalue weighted by atomic mass is 10.1. The number of hydrogen-bond acceptors (Lipinski definition) is 4. The Morgan fingerprint density at radius 2 is 1.19 bits per heavy atom. The molecule has 0 unspecified atom stereocenters. The van der Waals surface area contributed by atoms with Gasteiger partial charge in [-0.15, -0.1) is 0 Å². The molecule has 1 aromatic carbocycles. The van der Waals surface area contributed by atoms with E-state index in [1.54, 1.807) is 0 Å². The van der Waals surface area contributed by atoms with E-state index in [9.17, 15) is 0 Å². The number of hydrogen-bond donors (Lipinski definition) is 2. The van der Waals surface area contributed by atoms with E-state index in [2.05, 4.69) is 12.1 Å². The largest absolute Gasteiger partial charge is 0.494 e. The van der Waals surface area contributed by atoms with Gasteiger partial charge in [0.2, 0.25) is 0 Å². The standard InChI is InChI=1S/C23H40O4/c24-16-9-5-1-3-7-11-18-26-21-22-14-13-15-23(20-22)27-19-12-8-4-2-6-10-17-25/h13-15,20,24-25H,1-12,16-19,21H2. The smallest absolute Gasteiger partial charge is 0.119 e. The van der Waals surface area contributed by atoms with Crippen LogP contribution in [0, 0.1) is 0 Å². The summed E-state index contributed by atoms with van der Waals surface area (Å²) in [5.41, 5.74) is 1.17. The molecular weight excluding hydrogens is 340 g/mol. The zero-order valence-corrected chi connectivity index (χ0v) is 17.0. The highest BCUT2D eigenvalue weighted by Crippen LogP contribution is 2.15. The van der Waals surface area contributed by atoms with Crippen LogP contribution in [0.15, 0.2) is 24.3 Å². The Labute approximate surface area is 165 Å². The minimum Gasteiger partial charge on any atom is -0.494 e. The average molecular weight is 381 g/mol. The lowest BCUT2D eigenvalue weighted by molar-refractivity contribution is 0.116. The molecule has 2 N–H and O–H groups in total. The molecule has 4 heteroatoms. The minimum absolute atomic E-state index is 0.314. The summed E-state index contributed by atoms with van der Waals surface area (Å²) in [5.74, 6) is 0.931. The molecule has 0 saturated carbocycles. The van der Waals surface area contributed by atoms with Crippen molar-refractivity contribution < 1.29 is 19.7 Å². The van der Waals surface area contributed by atoms with Gasteiger partial charge in [-0.25, -0.2) is 0 Å². The van der Waals surface area contributed by atoms with Crippen LogP contribution in [-0.2, 0) is 11.3 Å². The molecule has 156 valence electrons. The summed E-state index contributed by atoms with van der Waals surface area (Å²) in [5, 5.41) is 17.5. The number of unbranched alkanes of at least 4 members (excludes halogenated alkanes) is 10. The Balaban J connectivity index is 2.01. The van der Waals surface area contributed by atoms with Crippen molar-refractivity contribution in [3.05, 3.63) is 29.8 Å². The van der Waals surface area contributed by atoms with Gasteiger partial charge in [-0.1, -0.05) is 63.5 Å². The summed E-state index contributed by atoms with van der Waals surface area (Å²) in [7, 11) is 0. The van der Waals surface area contributed by atoms with Gasteiger partial charge < -0.3 is 19.7 Å². The monoisotopic (exact) mass is 380 g/mol. The Morgan fingerprint density at radius 1 is 0.630 bits per heavy atom. The number of ether oxygens (including phenoxy) is 2. The SMILES string of the molecule is OCCCCCCCCOCc1cccc(OCCCCCCCCO)c1. The van der Waals surface area contributed by atoms with Crippen molar-refractivity contribution in [1.82, 2.24) is 0 Å². The van der Waals surface area contributed by atoms with Crippen LogP contribution >= 0.6 is 0 Å². The van der Waals surface area contributed by atoms with E-state index in [0.29, 0.717) is 19.8 Å². The fourth-order valence-corrected chi connectivity index (χ4v) is 3.05. The molecule has 1 aromatic rings. The van der Waals surface area contributed by atoms with Gasteiger partial charge in [0.1, 0.15) is 5.75 Å². The van der Waals surface area contributed by atoms with Crippen LogP contribution in [0.25, 0.3) is 0 Å². The topological polar surface area (TPSA) is 58.9 Å². The second-order valence-electron chi connectivity index (χ2n) is 7.24. The first-order valence-corrected chi connectivity index (χ1v) is 10.9. The van der Waals surface area contributed by atoms with Crippen molar-refractivity contribution in [2.24, 2.45) is 0 Å². The average Bonchev–Trinajstić information content (AvgIpc) is 2.69. The summed E-state index contributed by atoms with van der Waals surface area (Å²) in [6.07, 6.45) is 13.6.